The molecule has 0 radical (unpaired) electrons. The van der Waals surface area contributed by atoms with Crippen LogP contribution in [0.2, 0.25) is 0 Å². The van der Waals surface area contributed by atoms with Gasteiger partial charge in [-0.25, -0.2) is 4.98 Å². The summed E-state index contributed by atoms with van der Waals surface area (Å²) in [5.74, 6) is 0.923. The third kappa shape index (κ3) is 3.64. The van der Waals surface area contributed by atoms with Gasteiger partial charge in [0.1, 0.15) is 11.4 Å². The van der Waals surface area contributed by atoms with Crippen LogP contribution in [-0.4, -0.2) is 17.4 Å². The lowest BCUT2D eigenvalue weighted by Crippen LogP contribution is -2.03. The molecule has 0 saturated heterocycles. The van der Waals surface area contributed by atoms with Gasteiger partial charge in [0, 0.05) is 18.7 Å². The lowest BCUT2D eigenvalue weighted by molar-refractivity contribution is 0.101. The summed E-state index contributed by atoms with van der Waals surface area (Å²) in [5, 5.41) is 2.74. The van der Waals surface area contributed by atoms with Crippen molar-refractivity contribution in [3.63, 3.8) is 0 Å². The van der Waals surface area contributed by atoms with Gasteiger partial charge in [-0.3, -0.25) is 4.79 Å². The average molecular weight is 275 g/mol. The Bertz CT molecular complexity index is 590. The van der Waals surface area contributed by atoms with Gasteiger partial charge in [-0.1, -0.05) is 17.7 Å². The van der Waals surface area contributed by atoms with Crippen molar-refractivity contribution in [2.24, 2.45) is 0 Å². The maximum Gasteiger partial charge on any atom is 0.178 e. The molecule has 3 nitrogen and oxygen atoms in total. The van der Waals surface area contributed by atoms with Crippen molar-refractivity contribution in [3.05, 3.63) is 45.4 Å². The second-order valence-electron chi connectivity index (χ2n) is 4.55. The summed E-state index contributed by atoms with van der Waals surface area (Å²) in [6.45, 7) is 6.22. The molecule has 0 saturated carbocycles. The summed E-state index contributed by atoms with van der Waals surface area (Å²) >= 11 is 1.51. The molecule has 1 aromatic carbocycles. The number of ether oxygens (including phenoxy) is 1. The van der Waals surface area contributed by atoms with E-state index >= 15 is 0 Å². The third-order valence-electron chi connectivity index (χ3n) is 2.82. The van der Waals surface area contributed by atoms with Crippen LogP contribution in [0.1, 0.15) is 33.5 Å². The van der Waals surface area contributed by atoms with Crippen molar-refractivity contribution in [1.82, 2.24) is 4.98 Å². The second kappa shape index (κ2) is 5.97. The number of aryl methyl sites for hydroxylation is 2. The van der Waals surface area contributed by atoms with E-state index in [1.807, 2.05) is 19.1 Å². The van der Waals surface area contributed by atoms with E-state index in [0.29, 0.717) is 12.3 Å². The van der Waals surface area contributed by atoms with Crippen LogP contribution in [0, 0.1) is 13.8 Å². The van der Waals surface area contributed by atoms with Gasteiger partial charge >= 0.3 is 0 Å². The van der Waals surface area contributed by atoms with Crippen LogP contribution in [0.3, 0.4) is 0 Å². The fraction of sp³-hybridized carbons (Fsp3) is 0.333. The number of carbonyl (C=O) groups is 1. The van der Waals surface area contributed by atoms with E-state index in [2.05, 4.69) is 18.0 Å². The zero-order valence-electron chi connectivity index (χ0n) is 11.4. The summed E-state index contributed by atoms with van der Waals surface area (Å²) in [6.07, 6.45) is 0.727. The van der Waals surface area contributed by atoms with Gasteiger partial charge < -0.3 is 4.74 Å². The minimum Gasteiger partial charge on any atom is -0.493 e. The number of hydrogen-bond acceptors (Lipinski definition) is 4. The lowest BCUT2D eigenvalue weighted by atomic mass is 10.1. The Morgan fingerprint density at radius 2 is 2.16 bits per heavy atom. The fourth-order valence-corrected chi connectivity index (χ4v) is 2.62. The number of carbonyl (C=O) groups excluding carboxylic acids is 1. The Morgan fingerprint density at radius 3 is 2.79 bits per heavy atom. The van der Waals surface area contributed by atoms with E-state index in [4.69, 9.17) is 4.74 Å². The minimum atomic E-state index is 0.0118. The highest BCUT2D eigenvalue weighted by Crippen LogP contribution is 2.19. The van der Waals surface area contributed by atoms with Gasteiger partial charge in [0.15, 0.2) is 5.78 Å². The summed E-state index contributed by atoms with van der Waals surface area (Å²) in [4.78, 5) is 15.4. The normalized spacial score (nSPS) is 10.5. The molecular formula is C15H17NO2S. The van der Waals surface area contributed by atoms with Crippen LogP contribution in [0.4, 0.5) is 0 Å². The number of ketones is 1. The number of Topliss-reactive ketones (excluding diaryl/α,β-unsaturated/α-hetero) is 1. The minimum absolute atomic E-state index is 0.0118. The van der Waals surface area contributed by atoms with Gasteiger partial charge in [-0.2, -0.15) is 0 Å². The van der Waals surface area contributed by atoms with Crippen molar-refractivity contribution in [1.29, 1.82) is 0 Å². The number of benzene rings is 1. The molecule has 0 spiro atoms. The number of nitrogens with zero attached hydrogens (tertiary/aromatic N) is 1. The smallest absolute Gasteiger partial charge is 0.178 e. The van der Waals surface area contributed by atoms with Crippen molar-refractivity contribution in [2.45, 2.75) is 27.2 Å². The van der Waals surface area contributed by atoms with E-state index in [1.54, 1.807) is 5.38 Å². The molecule has 0 unspecified atom stereocenters. The first-order valence-electron chi connectivity index (χ1n) is 6.21. The third-order valence-corrected chi connectivity index (χ3v) is 3.72. The van der Waals surface area contributed by atoms with Crippen LogP contribution in [0.15, 0.2) is 23.6 Å². The van der Waals surface area contributed by atoms with Crippen LogP contribution < -0.4 is 4.74 Å². The molecule has 100 valence electrons. The van der Waals surface area contributed by atoms with Crippen LogP contribution >= 0.6 is 11.3 Å². The zero-order valence-corrected chi connectivity index (χ0v) is 12.2. The first-order chi connectivity index (χ1) is 9.06. The van der Waals surface area contributed by atoms with Crippen LogP contribution in [-0.2, 0) is 6.42 Å². The maximum absolute atomic E-state index is 11.1. The van der Waals surface area contributed by atoms with Crippen LogP contribution in [0.5, 0.6) is 5.75 Å². The number of rotatable bonds is 5. The highest BCUT2D eigenvalue weighted by molar-refractivity contribution is 7.09. The predicted molar refractivity (Wildman–Crippen MR) is 77.2 cm³/mol. The Morgan fingerprint density at radius 1 is 1.37 bits per heavy atom. The largest absolute Gasteiger partial charge is 0.493 e. The van der Waals surface area contributed by atoms with Gasteiger partial charge in [-0.15, -0.1) is 11.3 Å². The molecule has 0 bridgehead atoms. The molecule has 1 heterocycles. The summed E-state index contributed by atoms with van der Waals surface area (Å²) < 4.78 is 5.75. The molecule has 0 aliphatic rings. The molecule has 0 atom stereocenters. The van der Waals surface area contributed by atoms with Crippen molar-refractivity contribution >= 4 is 17.1 Å². The summed E-state index contributed by atoms with van der Waals surface area (Å²) in [6, 6.07) is 6.14. The first kappa shape index (κ1) is 13.7. The monoisotopic (exact) mass is 275 g/mol. The zero-order chi connectivity index (χ0) is 13.8. The summed E-state index contributed by atoms with van der Waals surface area (Å²) in [7, 11) is 0. The predicted octanol–water partition coefficient (Wildman–Crippen LogP) is 3.58. The van der Waals surface area contributed by atoms with Gasteiger partial charge in [0.2, 0.25) is 0 Å². The van der Waals surface area contributed by atoms with Gasteiger partial charge in [0.05, 0.1) is 11.6 Å². The van der Waals surface area contributed by atoms with Crippen molar-refractivity contribution < 1.29 is 9.53 Å². The molecule has 1 aromatic heterocycles. The van der Waals surface area contributed by atoms with E-state index in [1.165, 1.54) is 23.8 Å². The molecular weight excluding hydrogens is 258 g/mol. The van der Waals surface area contributed by atoms with E-state index in [0.717, 1.165) is 22.7 Å². The van der Waals surface area contributed by atoms with Crippen LogP contribution in [0.25, 0.3) is 0 Å². The molecule has 4 heteroatoms. The Labute approximate surface area is 117 Å². The Balaban J connectivity index is 1.90. The number of hydrogen-bond donors (Lipinski definition) is 0. The second-order valence-corrected chi connectivity index (χ2v) is 5.49. The highest BCUT2D eigenvalue weighted by atomic mass is 32.1. The van der Waals surface area contributed by atoms with E-state index in [-0.39, 0.29) is 5.78 Å². The van der Waals surface area contributed by atoms with Crippen molar-refractivity contribution in [3.8, 4) is 5.75 Å². The lowest BCUT2D eigenvalue weighted by Gasteiger charge is -2.08. The number of thiazole rings is 1. The molecule has 0 fully saturated rings. The SMILES string of the molecule is CC(=O)c1csc(CCOc2ccc(C)cc2C)n1. The Kier molecular flexibility index (Phi) is 4.32. The quantitative estimate of drug-likeness (QED) is 0.783. The fourth-order valence-electron chi connectivity index (χ4n) is 1.80. The maximum atomic E-state index is 11.1. The molecule has 0 aliphatic heterocycles. The highest BCUT2D eigenvalue weighted by Gasteiger charge is 2.06. The average Bonchev–Trinajstić information content (AvgIpc) is 2.81. The Hall–Kier alpha value is -1.68. The molecule has 2 aromatic rings. The van der Waals surface area contributed by atoms with Crippen molar-refractivity contribution in [2.75, 3.05) is 6.61 Å². The molecule has 0 N–H and O–H groups in total. The van der Waals surface area contributed by atoms with E-state index < -0.39 is 0 Å². The molecule has 2 rings (SSSR count). The van der Waals surface area contributed by atoms with Gasteiger partial charge in [-0.05, 0) is 25.5 Å². The molecule has 0 aliphatic carbocycles. The standard InChI is InChI=1S/C15H17NO2S/c1-10-4-5-14(11(2)8-10)18-7-6-15-16-13(9-19-15)12(3)17/h4-5,8-9H,6-7H2,1-3H3. The molecule has 0 amide bonds. The summed E-state index contributed by atoms with van der Waals surface area (Å²) in [5.41, 5.74) is 2.92. The topological polar surface area (TPSA) is 39.2 Å². The molecule has 19 heavy (non-hydrogen) atoms. The first-order valence-corrected chi connectivity index (χ1v) is 7.09. The number of aromatic nitrogens is 1. The van der Waals surface area contributed by atoms with Gasteiger partial charge in [0.25, 0.3) is 0 Å². The van der Waals surface area contributed by atoms with E-state index in [9.17, 15) is 4.79 Å².